The van der Waals surface area contributed by atoms with Crippen molar-refractivity contribution in [3.63, 3.8) is 0 Å². The van der Waals surface area contributed by atoms with Gasteiger partial charge < -0.3 is 9.47 Å². The second kappa shape index (κ2) is 4.95. The zero-order valence-corrected chi connectivity index (χ0v) is 9.83. The third-order valence-electron chi connectivity index (χ3n) is 2.39. The van der Waals surface area contributed by atoms with Crippen LogP contribution in [0.4, 0.5) is 5.69 Å². The molecule has 1 aliphatic heterocycles. The van der Waals surface area contributed by atoms with Crippen LogP contribution in [0.25, 0.3) is 0 Å². The summed E-state index contributed by atoms with van der Waals surface area (Å²) >= 11 is 0. The van der Waals surface area contributed by atoms with Crippen LogP contribution in [-0.4, -0.2) is 24.3 Å². The SMILES string of the molecule is CC(=O)OC1(N=Nc2ccccc2)CCOC1=O. The number of esters is 2. The Morgan fingerprint density at radius 2 is 2.11 bits per heavy atom. The molecular weight excluding hydrogens is 236 g/mol. The maximum atomic E-state index is 11.6. The Balaban J connectivity index is 2.23. The molecule has 1 unspecified atom stereocenters. The summed E-state index contributed by atoms with van der Waals surface area (Å²) in [4.78, 5) is 22.6. The first-order valence-corrected chi connectivity index (χ1v) is 5.47. The molecule has 1 atom stereocenters. The van der Waals surface area contributed by atoms with E-state index in [0.717, 1.165) is 0 Å². The molecule has 1 heterocycles. The Kier molecular flexibility index (Phi) is 3.36. The van der Waals surface area contributed by atoms with Gasteiger partial charge in [0.2, 0.25) is 0 Å². The van der Waals surface area contributed by atoms with Gasteiger partial charge in [0, 0.05) is 6.92 Å². The number of hydrogen-bond donors (Lipinski definition) is 0. The van der Waals surface area contributed by atoms with E-state index in [1.54, 1.807) is 24.3 Å². The van der Waals surface area contributed by atoms with Crippen LogP contribution in [0.5, 0.6) is 0 Å². The topological polar surface area (TPSA) is 77.3 Å². The number of carbonyl (C=O) groups excluding carboxylic acids is 2. The lowest BCUT2D eigenvalue weighted by Crippen LogP contribution is -2.36. The van der Waals surface area contributed by atoms with Gasteiger partial charge in [0.1, 0.15) is 0 Å². The summed E-state index contributed by atoms with van der Waals surface area (Å²) in [6.07, 6.45) is 0.182. The van der Waals surface area contributed by atoms with Crippen LogP contribution in [0.1, 0.15) is 13.3 Å². The van der Waals surface area contributed by atoms with Gasteiger partial charge in [-0.3, -0.25) is 4.79 Å². The quantitative estimate of drug-likeness (QED) is 0.605. The summed E-state index contributed by atoms with van der Waals surface area (Å²) in [5, 5.41) is 7.76. The molecule has 1 aromatic carbocycles. The van der Waals surface area contributed by atoms with Crippen molar-refractivity contribution < 1.29 is 19.1 Å². The number of nitrogens with zero attached hydrogens (tertiary/aromatic N) is 2. The summed E-state index contributed by atoms with van der Waals surface area (Å²) in [6, 6.07) is 8.88. The standard InChI is InChI=1S/C12H12N2O4/c1-9(15)18-12(7-8-17-11(12)16)14-13-10-5-3-2-4-6-10/h2-6H,7-8H2,1H3. The van der Waals surface area contributed by atoms with E-state index < -0.39 is 17.7 Å². The Hall–Kier alpha value is -2.24. The van der Waals surface area contributed by atoms with Crippen molar-refractivity contribution in [3.8, 4) is 0 Å². The smallest absolute Gasteiger partial charge is 0.376 e. The predicted octanol–water partition coefficient (Wildman–Crippen LogP) is 1.98. The van der Waals surface area contributed by atoms with Crippen molar-refractivity contribution in [2.24, 2.45) is 10.2 Å². The number of ether oxygens (including phenoxy) is 2. The Labute approximate surface area is 104 Å². The highest BCUT2D eigenvalue weighted by Gasteiger charge is 2.49. The zero-order valence-electron chi connectivity index (χ0n) is 9.83. The molecule has 0 N–H and O–H groups in total. The average molecular weight is 248 g/mol. The highest BCUT2D eigenvalue weighted by molar-refractivity contribution is 5.84. The molecule has 2 rings (SSSR count). The van der Waals surface area contributed by atoms with E-state index in [1.165, 1.54) is 6.92 Å². The molecule has 18 heavy (non-hydrogen) atoms. The summed E-state index contributed by atoms with van der Waals surface area (Å²) in [6.45, 7) is 1.38. The first-order chi connectivity index (χ1) is 8.62. The van der Waals surface area contributed by atoms with E-state index in [4.69, 9.17) is 9.47 Å². The molecule has 0 bridgehead atoms. The van der Waals surface area contributed by atoms with Crippen molar-refractivity contribution in [1.29, 1.82) is 0 Å². The van der Waals surface area contributed by atoms with Crippen molar-refractivity contribution in [3.05, 3.63) is 30.3 Å². The van der Waals surface area contributed by atoms with E-state index >= 15 is 0 Å². The number of rotatable bonds is 3. The molecule has 0 radical (unpaired) electrons. The molecule has 0 spiro atoms. The lowest BCUT2D eigenvalue weighted by Gasteiger charge is -2.17. The van der Waals surface area contributed by atoms with Crippen LogP contribution in [-0.2, 0) is 19.1 Å². The second-order valence-electron chi connectivity index (χ2n) is 3.80. The third-order valence-corrected chi connectivity index (χ3v) is 2.39. The van der Waals surface area contributed by atoms with Crippen LogP contribution in [0, 0.1) is 0 Å². The van der Waals surface area contributed by atoms with E-state index in [-0.39, 0.29) is 13.0 Å². The summed E-state index contributed by atoms with van der Waals surface area (Å²) < 4.78 is 9.75. The van der Waals surface area contributed by atoms with Crippen molar-refractivity contribution in [2.45, 2.75) is 19.1 Å². The fourth-order valence-corrected chi connectivity index (χ4v) is 1.57. The molecule has 6 heteroatoms. The largest absolute Gasteiger partial charge is 0.461 e. The number of benzene rings is 1. The fourth-order valence-electron chi connectivity index (χ4n) is 1.57. The number of hydrogen-bond acceptors (Lipinski definition) is 6. The Morgan fingerprint density at radius 1 is 1.39 bits per heavy atom. The van der Waals surface area contributed by atoms with E-state index in [1.807, 2.05) is 6.07 Å². The Morgan fingerprint density at radius 3 is 2.67 bits per heavy atom. The normalized spacial score (nSPS) is 23.1. The maximum absolute atomic E-state index is 11.6. The molecular formula is C12H12N2O4. The highest BCUT2D eigenvalue weighted by atomic mass is 16.6. The monoisotopic (exact) mass is 248 g/mol. The van der Waals surface area contributed by atoms with Gasteiger partial charge in [0.25, 0.3) is 0 Å². The minimum atomic E-state index is -1.62. The molecule has 0 saturated carbocycles. The van der Waals surface area contributed by atoms with Crippen molar-refractivity contribution in [2.75, 3.05) is 6.61 Å². The molecule has 6 nitrogen and oxygen atoms in total. The van der Waals surface area contributed by atoms with Gasteiger partial charge >= 0.3 is 17.7 Å². The van der Waals surface area contributed by atoms with E-state index in [9.17, 15) is 9.59 Å². The van der Waals surface area contributed by atoms with E-state index in [2.05, 4.69) is 10.2 Å². The summed E-state index contributed by atoms with van der Waals surface area (Å²) in [7, 11) is 0. The van der Waals surface area contributed by atoms with Gasteiger partial charge in [-0.1, -0.05) is 18.2 Å². The van der Waals surface area contributed by atoms with Gasteiger partial charge in [0.05, 0.1) is 18.7 Å². The molecule has 1 fully saturated rings. The lowest BCUT2D eigenvalue weighted by molar-refractivity contribution is -0.170. The highest BCUT2D eigenvalue weighted by Crippen LogP contribution is 2.28. The zero-order chi connectivity index (χ0) is 13.0. The van der Waals surface area contributed by atoms with Gasteiger partial charge in [0.15, 0.2) is 0 Å². The number of cyclic esters (lactones) is 1. The van der Waals surface area contributed by atoms with Gasteiger partial charge in [-0.15, -0.1) is 5.11 Å². The van der Waals surface area contributed by atoms with Crippen LogP contribution in [0.2, 0.25) is 0 Å². The predicted molar refractivity (Wildman–Crippen MR) is 61.0 cm³/mol. The van der Waals surface area contributed by atoms with Crippen LogP contribution in [0.3, 0.4) is 0 Å². The minimum Gasteiger partial charge on any atom is -0.461 e. The average Bonchev–Trinajstić information content (AvgIpc) is 2.69. The summed E-state index contributed by atoms with van der Waals surface area (Å²) in [5.41, 5.74) is -1.05. The number of azo groups is 1. The van der Waals surface area contributed by atoms with Crippen LogP contribution < -0.4 is 0 Å². The molecule has 94 valence electrons. The van der Waals surface area contributed by atoms with E-state index in [0.29, 0.717) is 5.69 Å². The first-order valence-electron chi connectivity index (χ1n) is 5.47. The molecule has 1 saturated heterocycles. The minimum absolute atomic E-state index is 0.167. The van der Waals surface area contributed by atoms with Gasteiger partial charge in [-0.2, -0.15) is 5.11 Å². The van der Waals surface area contributed by atoms with Crippen molar-refractivity contribution in [1.82, 2.24) is 0 Å². The molecule has 1 aliphatic rings. The maximum Gasteiger partial charge on any atom is 0.376 e. The van der Waals surface area contributed by atoms with Crippen LogP contribution >= 0.6 is 0 Å². The molecule has 0 aromatic heterocycles. The van der Waals surface area contributed by atoms with Crippen LogP contribution in [0.15, 0.2) is 40.6 Å². The second-order valence-corrected chi connectivity index (χ2v) is 3.80. The third kappa shape index (κ3) is 2.53. The lowest BCUT2D eigenvalue weighted by atomic mass is 10.2. The number of carbonyl (C=O) groups is 2. The fraction of sp³-hybridized carbons (Fsp3) is 0.333. The first kappa shape index (κ1) is 12.2. The van der Waals surface area contributed by atoms with Gasteiger partial charge in [-0.05, 0) is 12.1 Å². The molecule has 1 aromatic rings. The molecule has 0 aliphatic carbocycles. The van der Waals surface area contributed by atoms with Crippen molar-refractivity contribution >= 4 is 17.6 Å². The Bertz CT molecular complexity index is 486. The summed E-state index contributed by atoms with van der Waals surface area (Å²) in [5.74, 6) is -1.28. The van der Waals surface area contributed by atoms with Gasteiger partial charge in [-0.25, -0.2) is 4.79 Å². The molecule has 0 amide bonds.